The molecule has 6 nitrogen and oxygen atoms in total. The lowest BCUT2D eigenvalue weighted by atomic mass is 10.1. The predicted octanol–water partition coefficient (Wildman–Crippen LogP) is 3.64. The van der Waals surface area contributed by atoms with E-state index in [4.69, 9.17) is 4.74 Å². The number of aryl methyl sites for hydroxylation is 2. The first kappa shape index (κ1) is 21.1. The minimum absolute atomic E-state index is 0.0219. The van der Waals surface area contributed by atoms with Crippen LogP contribution < -0.4 is 15.6 Å². The molecule has 0 saturated carbocycles. The third-order valence-corrected chi connectivity index (χ3v) is 5.77. The lowest BCUT2D eigenvalue weighted by Crippen LogP contribution is -2.36. The SMILES string of the molecule is C[C@@H](CCc1ccccc1)NC(=O)COc1ccc2nc3n(c(=O)c2c1)CCCCC3. The van der Waals surface area contributed by atoms with Crippen LogP contribution in [0.3, 0.4) is 0 Å². The predicted molar refractivity (Wildman–Crippen MR) is 121 cm³/mol. The number of nitrogens with one attached hydrogen (secondary N) is 1. The Morgan fingerprint density at radius 2 is 2.00 bits per heavy atom. The van der Waals surface area contributed by atoms with E-state index in [0.717, 1.165) is 44.3 Å². The van der Waals surface area contributed by atoms with Gasteiger partial charge >= 0.3 is 0 Å². The van der Waals surface area contributed by atoms with Gasteiger partial charge in [-0.3, -0.25) is 14.2 Å². The standard InChI is InChI=1S/C25H29N3O3/c1-18(11-12-19-8-4-2-5-9-19)26-24(29)17-31-20-13-14-22-21(16-20)25(30)28-15-7-3-6-10-23(28)27-22/h2,4-5,8-9,13-14,16,18H,3,6-7,10-12,15,17H2,1H3,(H,26,29)/t18-/m0/s1. The first-order valence-electron chi connectivity index (χ1n) is 11.1. The number of carbonyl (C=O) groups is 1. The first-order valence-corrected chi connectivity index (χ1v) is 11.1. The summed E-state index contributed by atoms with van der Waals surface area (Å²) in [6.45, 7) is 2.63. The van der Waals surface area contributed by atoms with Crippen LogP contribution in [0.4, 0.5) is 0 Å². The van der Waals surface area contributed by atoms with Gasteiger partial charge in [0.1, 0.15) is 11.6 Å². The van der Waals surface area contributed by atoms with Crippen LogP contribution in [-0.4, -0.2) is 28.1 Å². The van der Waals surface area contributed by atoms with Gasteiger partial charge in [0.15, 0.2) is 6.61 Å². The zero-order valence-corrected chi connectivity index (χ0v) is 18.0. The fourth-order valence-corrected chi connectivity index (χ4v) is 4.05. The number of aromatic nitrogens is 2. The Kier molecular flexibility index (Phi) is 6.65. The number of fused-ring (bicyclic) bond motifs is 2. The second-order valence-corrected chi connectivity index (χ2v) is 8.26. The van der Waals surface area contributed by atoms with Crippen LogP contribution in [0.1, 0.15) is 44.0 Å². The molecule has 1 aromatic heterocycles. The van der Waals surface area contributed by atoms with E-state index in [0.29, 0.717) is 23.2 Å². The maximum atomic E-state index is 12.9. The zero-order valence-electron chi connectivity index (χ0n) is 18.0. The van der Waals surface area contributed by atoms with E-state index in [2.05, 4.69) is 22.4 Å². The van der Waals surface area contributed by atoms with E-state index in [-0.39, 0.29) is 24.1 Å². The molecule has 1 aliphatic heterocycles. The average Bonchev–Trinajstić information content (AvgIpc) is 3.03. The van der Waals surface area contributed by atoms with E-state index in [1.165, 1.54) is 5.56 Å². The van der Waals surface area contributed by atoms with Gasteiger partial charge in [-0.25, -0.2) is 4.98 Å². The minimum Gasteiger partial charge on any atom is -0.484 e. The molecule has 0 fully saturated rings. The van der Waals surface area contributed by atoms with Crippen LogP contribution in [0.15, 0.2) is 53.3 Å². The van der Waals surface area contributed by atoms with E-state index in [9.17, 15) is 9.59 Å². The lowest BCUT2D eigenvalue weighted by molar-refractivity contribution is -0.123. The van der Waals surface area contributed by atoms with Gasteiger partial charge in [0, 0.05) is 19.0 Å². The number of nitrogens with zero attached hydrogens (tertiary/aromatic N) is 2. The fourth-order valence-electron chi connectivity index (χ4n) is 4.05. The Labute approximate surface area is 182 Å². The highest BCUT2D eigenvalue weighted by Gasteiger charge is 2.15. The molecule has 1 atom stereocenters. The normalized spacial score (nSPS) is 14.5. The summed E-state index contributed by atoms with van der Waals surface area (Å²) in [5.74, 6) is 1.21. The molecule has 0 unspecified atom stereocenters. The third-order valence-electron chi connectivity index (χ3n) is 5.77. The van der Waals surface area contributed by atoms with Crippen LogP contribution in [0.25, 0.3) is 10.9 Å². The van der Waals surface area contributed by atoms with Gasteiger partial charge in [-0.2, -0.15) is 0 Å². The monoisotopic (exact) mass is 419 g/mol. The quantitative estimate of drug-likeness (QED) is 0.635. The van der Waals surface area contributed by atoms with Crippen molar-refractivity contribution in [3.05, 3.63) is 70.3 Å². The van der Waals surface area contributed by atoms with Crippen LogP contribution in [0, 0.1) is 0 Å². The van der Waals surface area contributed by atoms with Crippen LogP contribution in [0.2, 0.25) is 0 Å². The van der Waals surface area contributed by atoms with Crippen molar-refractivity contribution in [2.45, 2.75) is 58.0 Å². The molecule has 1 amide bonds. The van der Waals surface area contributed by atoms with E-state index >= 15 is 0 Å². The molecule has 0 radical (unpaired) electrons. The molecule has 0 saturated heterocycles. The fraction of sp³-hybridized carbons (Fsp3) is 0.400. The molecule has 1 aliphatic rings. The molecule has 2 aromatic carbocycles. The summed E-state index contributed by atoms with van der Waals surface area (Å²) >= 11 is 0. The highest BCUT2D eigenvalue weighted by molar-refractivity contribution is 5.80. The van der Waals surface area contributed by atoms with Crippen LogP contribution >= 0.6 is 0 Å². The van der Waals surface area contributed by atoms with Crippen molar-refractivity contribution < 1.29 is 9.53 Å². The summed E-state index contributed by atoms with van der Waals surface area (Å²) in [7, 11) is 0. The Hall–Kier alpha value is -3.15. The molecule has 3 aromatic rings. The molecular weight excluding hydrogens is 390 g/mol. The Morgan fingerprint density at radius 1 is 1.16 bits per heavy atom. The molecule has 0 aliphatic carbocycles. The zero-order chi connectivity index (χ0) is 21.6. The molecule has 4 rings (SSSR count). The number of amides is 1. The van der Waals surface area contributed by atoms with Gasteiger partial charge < -0.3 is 10.1 Å². The summed E-state index contributed by atoms with van der Waals surface area (Å²) in [4.78, 5) is 29.9. The van der Waals surface area contributed by atoms with Gasteiger partial charge in [-0.05, 0) is 56.4 Å². The van der Waals surface area contributed by atoms with Crippen molar-refractivity contribution in [1.29, 1.82) is 0 Å². The molecule has 0 bridgehead atoms. The molecule has 6 heteroatoms. The molecule has 2 heterocycles. The van der Waals surface area contributed by atoms with Gasteiger partial charge in [0.25, 0.3) is 11.5 Å². The highest BCUT2D eigenvalue weighted by Crippen LogP contribution is 2.19. The molecule has 31 heavy (non-hydrogen) atoms. The van der Waals surface area contributed by atoms with E-state index in [1.54, 1.807) is 22.8 Å². The Bertz CT molecular complexity index is 1110. The second kappa shape index (κ2) is 9.77. The van der Waals surface area contributed by atoms with E-state index < -0.39 is 0 Å². The van der Waals surface area contributed by atoms with Crippen molar-refractivity contribution in [1.82, 2.24) is 14.9 Å². The third kappa shape index (κ3) is 5.32. The number of carbonyl (C=O) groups excluding carboxylic acids is 1. The van der Waals surface area contributed by atoms with Crippen molar-refractivity contribution in [2.24, 2.45) is 0 Å². The van der Waals surface area contributed by atoms with Crippen LogP contribution in [-0.2, 0) is 24.2 Å². The van der Waals surface area contributed by atoms with Gasteiger partial charge in [-0.1, -0.05) is 36.8 Å². The Morgan fingerprint density at radius 3 is 2.84 bits per heavy atom. The second-order valence-electron chi connectivity index (χ2n) is 8.26. The smallest absolute Gasteiger partial charge is 0.261 e. The summed E-state index contributed by atoms with van der Waals surface area (Å²) in [5.41, 5.74) is 1.92. The largest absolute Gasteiger partial charge is 0.484 e. The average molecular weight is 420 g/mol. The van der Waals surface area contributed by atoms with Crippen molar-refractivity contribution in [2.75, 3.05) is 6.61 Å². The summed E-state index contributed by atoms with van der Waals surface area (Å²) in [6.07, 6.45) is 5.80. The van der Waals surface area contributed by atoms with Crippen LogP contribution in [0.5, 0.6) is 5.75 Å². The highest BCUT2D eigenvalue weighted by atomic mass is 16.5. The maximum absolute atomic E-state index is 12.9. The van der Waals surface area contributed by atoms with Gasteiger partial charge in [-0.15, -0.1) is 0 Å². The number of ether oxygens (including phenoxy) is 1. The number of hydrogen-bond donors (Lipinski definition) is 1. The number of hydrogen-bond acceptors (Lipinski definition) is 4. The van der Waals surface area contributed by atoms with Crippen molar-refractivity contribution >= 4 is 16.8 Å². The minimum atomic E-state index is -0.169. The number of benzene rings is 2. The molecule has 1 N–H and O–H groups in total. The van der Waals surface area contributed by atoms with Crippen molar-refractivity contribution in [3.63, 3.8) is 0 Å². The first-order chi connectivity index (χ1) is 15.1. The topological polar surface area (TPSA) is 73.2 Å². The molecule has 162 valence electrons. The van der Waals surface area contributed by atoms with E-state index in [1.807, 2.05) is 25.1 Å². The molecular formula is C25H29N3O3. The lowest BCUT2D eigenvalue weighted by Gasteiger charge is -2.15. The van der Waals surface area contributed by atoms with Crippen molar-refractivity contribution in [3.8, 4) is 5.75 Å². The van der Waals surface area contributed by atoms with Gasteiger partial charge in [0.05, 0.1) is 10.9 Å². The summed E-state index contributed by atoms with van der Waals surface area (Å²) in [5, 5.41) is 3.52. The Balaban J connectivity index is 1.35. The maximum Gasteiger partial charge on any atom is 0.261 e. The molecule has 0 spiro atoms. The summed E-state index contributed by atoms with van der Waals surface area (Å²) < 4.78 is 7.47. The van der Waals surface area contributed by atoms with Gasteiger partial charge in [0.2, 0.25) is 0 Å². The summed E-state index contributed by atoms with van der Waals surface area (Å²) in [6, 6.07) is 15.6. The number of rotatable bonds is 7.